The highest BCUT2D eigenvalue weighted by Gasteiger charge is 2.76. The lowest BCUT2D eigenvalue weighted by atomic mass is 9.64. The number of para-hydroxylation sites is 2. The zero-order valence-corrected chi connectivity index (χ0v) is 27.4. The van der Waals surface area contributed by atoms with E-state index in [2.05, 4.69) is 172 Å². The van der Waals surface area contributed by atoms with Gasteiger partial charge in [-0.3, -0.25) is 0 Å². The van der Waals surface area contributed by atoms with E-state index < -0.39 is 5.41 Å². The molecule has 0 fully saturated rings. The van der Waals surface area contributed by atoms with Crippen molar-refractivity contribution in [2.75, 3.05) is 0 Å². The topological polar surface area (TPSA) is 7.76 Å². The van der Waals surface area contributed by atoms with Crippen LogP contribution < -0.4 is 14.1 Å². The Balaban J connectivity index is 1.51. The number of rotatable bonds is 0. The SMILES string of the molecule is CC(C)(C)c1ccc[n+]2c1-c1cccc3c1[N+]21c2c(cccc2C32c3ccccc3-c3ccccc32)-c2c(C(C)(C)C)ccc[n+]21. The first kappa shape index (κ1) is 26.4. The molecule has 4 aliphatic rings. The molecule has 222 valence electrons. The second-order valence-electron chi connectivity index (χ2n) is 15.6. The highest BCUT2D eigenvalue weighted by atomic mass is 15.9. The number of hydrogen-bond donors (Lipinski definition) is 0. The van der Waals surface area contributed by atoms with Crippen molar-refractivity contribution < 1.29 is 9.35 Å². The Morgan fingerprint density at radius 1 is 0.435 bits per heavy atom. The van der Waals surface area contributed by atoms with Crippen LogP contribution in [0.5, 0.6) is 0 Å². The molecule has 0 bridgehead atoms. The van der Waals surface area contributed by atoms with Crippen molar-refractivity contribution in [3.05, 3.63) is 155 Å². The number of fused-ring (bicyclic) bond motifs is 11. The number of pyridine rings is 2. The maximum atomic E-state index is 2.58. The van der Waals surface area contributed by atoms with Gasteiger partial charge in [-0.2, -0.15) is 0 Å². The molecular weight excluding hydrogens is 558 g/mol. The van der Waals surface area contributed by atoms with E-state index in [0.29, 0.717) is 4.70 Å². The van der Waals surface area contributed by atoms with Crippen LogP contribution in [0.3, 0.4) is 0 Å². The van der Waals surface area contributed by atoms with Gasteiger partial charge in [0.1, 0.15) is 11.1 Å². The van der Waals surface area contributed by atoms with Crippen LogP contribution in [0, 0.1) is 0 Å². The Morgan fingerprint density at radius 3 is 1.26 bits per heavy atom. The van der Waals surface area contributed by atoms with Gasteiger partial charge in [-0.25, -0.2) is 0 Å². The van der Waals surface area contributed by atoms with E-state index >= 15 is 0 Å². The Morgan fingerprint density at radius 2 is 0.826 bits per heavy atom. The lowest BCUT2D eigenvalue weighted by Gasteiger charge is -2.38. The molecule has 5 heterocycles. The van der Waals surface area contributed by atoms with E-state index in [9.17, 15) is 0 Å². The summed E-state index contributed by atoms with van der Waals surface area (Å²) in [6, 6.07) is 41.8. The molecule has 2 aromatic heterocycles. The van der Waals surface area contributed by atoms with Crippen molar-refractivity contribution in [2.24, 2.45) is 0 Å². The summed E-state index contributed by atoms with van der Waals surface area (Å²) in [5, 5.41) is 0. The Hall–Kier alpha value is -4.86. The van der Waals surface area contributed by atoms with Crippen LogP contribution in [0.25, 0.3) is 33.6 Å². The monoisotopic (exact) mass is 596 g/mol. The van der Waals surface area contributed by atoms with Gasteiger partial charge in [0, 0.05) is 34.4 Å². The molecule has 1 aliphatic carbocycles. The standard InChI is InChI=1S/C43H38N3/c1-41(2,3)33-23-13-25-44-37(33)29-17-11-21-35-39(29)46(44)40-30(38-34(42(4,5)6)24-14-26-45(38)46)18-12-22-36(40)43(35)31-19-9-7-15-27(31)28-16-8-10-20-32(28)43/h7-26H,1-6H3/q+3. The van der Waals surface area contributed by atoms with Crippen LogP contribution in [0.4, 0.5) is 11.4 Å². The second kappa shape index (κ2) is 8.10. The normalized spacial score (nSPS) is 16.4. The van der Waals surface area contributed by atoms with E-state index in [0.717, 1.165) is 0 Å². The highest BCUT2D eigenvalue weighted by molar-refractivity contribution is 5.99. The summed E-state index contributed by atoms with van der Waals surface area (Å²) in [6.45, 7) is 14.1. The van der Waals surface area contributed by atoms with Crippen molar-refractivity contribution in [3.63, 3.8) is 0 Å². The van der Waals surface area contributed by atoms with Gasteiger partial charge in [0.05, 0.1) is 14.8 Å². The minimum absolute atomic E-state index is 0.0406. The average molecular weight is 597 g/mol. The lowest BCUT2D eigenvalue weighted by molar-refractivity contribution is -1.02. The minimum Gasteiger partial charge on any atom is -0.0619 e. The van der Waals surface area contributed by atoms with Gasteiger partial charge >= 0.3 is 0 Å². The van der Waals surface area contributed by atoms with Gasteiger partial charge in [-0.05, 0) is 57.3 Å². The molecule has 3 heteroatoms. The number of hydrogen-bond acceptors (Lipinski definition) is 0. The third-order valence-corrected chi connectivity index (χ3v) is 11.2. The van der Waals surface area contributed by atoms with Crippen LogP contribution in [-0.2, 0) is 16.2 Å². The molecule has 0 atom stereocenters. The van der Waals surface area contributed by atoms with Crippen molar-refractivity contribution in [1.29, 1.82) is 0 Å². The fraction of sp³-hybridized carbons (Fsp3) is 0.209. The first-order valence-corrected chi connectivity index (χ1v) is 16.6. The average Bonchev–Trinajstić information content (AvgIpc) is 3.64. The number of quaternary nitrogens is 1. The van der Waals surface area contributed by atoms with Crippen LogP contribution in [0.1, 0.15) is 74.9 Å². The van der Waals surface area contributed by atoms with Crippen LogP contribution in [0.15, 0.2) is 122 Å². The molecule has 3 aliphatic heterocycles. The molecule has 10 rings (SSSR count). The predicted molar refractivity (Wildman–Crippen MR) is 185 cm³/mol. The molecule has 0 saturated heterocycles. The van der Waals surface area contributed by atoms with E-state index in [1.165, 1.54) is 78.4 Å². The third-order valence-electron chi connectivity index (χ3n) is 11.2. The van der Waals surface area contributed by atoms with Gasteiger partial charge in [0.15, 0.2) is 4.70 Å². The summed E-state index contributed by atoms with van der Waals surface area (Å²) < 4.78 is 5.67. The number of benzene rings is 4. The first-order valence-electron chi connectivity index (χ1n) is 16.6. The van der Waals surface area contributed by atoms with Crippen LogP contribution in [-0.4, -0.2) is 0 Å². The Bertz CT molecular complexity index is 2180. The van der Waals surface area contributed by atoms with Gasteiger partial charge in [0.25, 0.3) is 22.8 Å². The van der Waals surface area contributed by atoms with Gasteiger partial charge in [0.2, 0.25) is 12.4 Å². The molecular formula is C43H38N3+3. The summed E-state index contributed by atoms with van der Waals surface area (Å²) in [5.74, 6) is 0. The van der Waals surface area contributed by atoms with Crippen molar-refractivity contribution >= 4 is 11.4 Å². The quantitative estimate of drug-likeness (QED) is 0.122. The van der Waals surface area contributed by atoms with Gasteiger partial charge in [-0.15, -0.1) is 0 Å². The zero-order chi connectivity index (χ0) is 31.4. The molecule has 3 nitrogen and oxygen atoms in total. The van der Waals surface area contributed by atoms with Gasteiger partial charge < -0.3 is 0 Å². The zero-order valence-electron chi connectivity index (χ0n) is 27.4. The predicted octanol–water partition coefficient (Wildman–Crippen LogP) is 9.06. The summed E-state index contributed by atoms with van der Waals surface area (Å²) >= 11 is 0. The molecule has 0 unspecified atom stereocenters. The van der Waals surface area contributed by atoms with Crippen LogP contribution in [0.2, 0.25) is 0 Å². The maximum Gasteiger partial charge on any atom is 0.290 e. The lowest BCUT2D eigenvalue weighted by Crippen LogP contribution is -2.82. The molecule has 6 aromatic rings. The minimum atomic E-state index is -0.444. The smallest absolute Gasteiger partial charge is 0.0619 e. The summed E-state index contributed by atoms with van der Waals surface area (Å²) in [4.78, 5) is 0. The largest absolute Gasteiger partial charge is 0.290 e. The molecule has 4 aromatic carbocycles. The molecule has 0 radical (unpaired) electrons. The Labute approximate surface area is 271 Å². The Kier molecular flexibility index (Phi) is 4.64. The first-order chi connectivity index (χ1) is 22.1. The summed E-state index contributed by atoms with van der Waals surface area (Å²) in [7, 11) is 0. The van der Waals surface area contributed by atoms with E-state index in [1.54, 1.807) is 0 Å². The summed E-state index contributed by atoms with van der Waals surface area (Å²) in [6.07, 6.45) is 4.66. The third kappa shape index (κ3) is 2.70. The van der Waals surface area contributed by atoms with Gasteiger partial charge in [-0.1, -0.05) is 114 Å². The second-order valence-corrected chi connectivity index (χ2v) is 15.6. The van der Waals surface area contributed by atoms with Crippen LogP contribution >= 0.6 is 0 Å². The molecule has 0 saturated carbocycles. The molecule has 2 spiro atoms. The molecule has 0 N–H and O–H groups in total. The fourth-order valence-corrected chi connectivity index (χ4v) is 9.58. The highest BCUT2D eigenvalue weighted by Crippen LogP contribution is 2.68. The van der Waals surface area contributed by atoms with Crippen molar-refractivity contribution in [2.45, 2.75) is 57.8 Å². The molecule has 0 amide bonds. The van der Waals surface area contributed by atoms with Crippen molar-refractivity contribution in [3.8, 4) is 33.6 Å². The number of aromatic nitrogens is 2. The van der Waals surface area contributed by atoms with E-state index in [1.807, 2.05) is 0 Å². The van der Waals surface area contributed by atoms with Crippen molar-refractivity contribution in [1.82, 2.24) is 4.70 Å². The van der Waals surface area contributed by atoms with E-state index in [-0.39, 0.29) is 10.8 Å². The summed E-state index contributed by atoms with van der Waals surface area (Å²) in [5.41, 5.74) is 18.4. The fourth-order valence-electron chi connectivity index (χ4n) is 9.58. The van der Waals surface area contributed by atoms with E-state index in [4.69, 9.17) is 0 Å². The molecule has 46 heavy (non-hydrogen) atoms. The maximum absolute atomic E-state index is 2.58. The number of nitrogens with zero attached hydrogens (tertiary/aromatic N) is 3.